The van der Waals surface area contributed by atoms with Crippen LogP contribution in [0.1, 0.15) is 78.2 Å². The quantitative estimate of drug-likeness (QED) is 0.720. The molecule has 160 valence electrons. The Balaban J connectivity index is 1.69. The zero-order chi connectivity index (χ0) is 21.8. The SMILES string of the molecule is COc1cc(C)c([C@@H](C)NC(=O)c2ccc(CN3CCCC3=O)cc2)cc1C(C)C. The molecule has 1 saturated heterocycles. The van der Waals surface area contributed by atoms with Crippen molar-refractivity contribution >= 4 is 11.8 Å². The van der Waals surface area contributed by atoms with E-state index in [2.05, 4.69) is 25.2 Å². The summed E-state index contributed by atoms with van der Waals surface area (Å²) in [5.74, 6) is 1.32. The lowest BCUT2D eigenvalue weighted by atomic mass is 9.93. The summed E-state index contributed by atoms with van der Waals surface area (Å²) in [4.78, 5) is 26.5. The van der Waals surface area contributed by atoms with Crippen LogP contribution >= 0.6 is 0 Å². The number of carbonyl (C=O) groups excluding carboxylic acids is 2. The van der Waals surface area contributed by atoms with Crippen molar-refractivity contribution in [3.63, 3.8) is 0 Å². The smallest absolute Gasteiger partial charge is 0.251 e. The molecule has 5 nitrogen and oxygen atoms in total. The zero-order valence-corrected chi connectivity index (χ0v) is 18.6. The predicted octanol–water partition coefficient (Wildman–Crippen LogP) is 4.74. The van der Waals surface area contributed by atoms with Gasteiger partial charge in [0.05, 0.1) is 13.2 Å². The molecule has 5 heteroatoms. The minimum atomic E-state index is -0.122. The highest BCUT2D eigenvalue weighted by molar-refractivity contribution is 5.94. The van der Waals surface area contributed by atoms with Gasteiger partial charge < -0.3 is 15.0 Å². The minimum absolute atomic E-state index is 0.104. The van der Waals surface area contributed by atoms with Crippen molar-refractivity contribution in [2.24, 2.45) is 0 Å². The summed E-state index contributed by atoms with van der Waals surface area (Å²) in [5, 5.41) is 3.11. The summed E-state index contributed by atoms with van der Waals surface area (Å²) in [6.45, 7) is 9.75. The molecule has 30 heavy (non-hydrogen) atoms. The number of methoxy groups -OCH3 is 1. The van der Waals surface area contributed by atoms with Gasteiger partial charge >= 0.3 is 0 Å². The third kappa shape index (κ3) is 4.84. The van der Waals surface area contributed by atoms with E-state index in [1.165, 1.54) is 0 Å². The fraction of sp³-hybridized carbons (Fsp3) is 0.440. The van der Waals surface area contributed by atoms with Gasteiger partial charge in [0.25, 0.3) is 5.91 Å². The molecule has 0 bridgehead atoms. The van der Waals surface area contributed by atoms with Crippen molar-refractivity contribution in [1.82, 2.24) is 10.2 Å². The number of amides is 2. The molecule has 0 unspecified atom stereocenters. The second kappa shape index (κ2) is 9.33. The van der Waals surface area contributed by atoms with Crippen LogP contribution in [0.15, 0.2) is 36.4 Å². The molecule has 0 aliphatic carbocycles. The van der Waals surface area contributed by atoms with Gasteiger partial charge in [-0.2, -0.15) is 0 Å². The molecule has 2 aromatic rings. The molecule has 2 amide bonds. The first-order valence-electron chi connectivity index (χ1n) is 10.7. The van der Waals surface area contributed by atoms with Crippen LogP contribution in [-0.2, 0) is 11.3 Å². The maximum absolute atomic E-state index is 12.8. The van der Waals surface area contributed by atoms with Gasteiger partial charge in [0.1, 0.15) is 5.75 Å². The summed E-state index contributed by atoms with van der Waals surface area (Å²) in [6.07, 6.45) is 1.57. The maximum Gasteiger partial charge on any atom is 0.251 e. The van der Waals surface area contributed by atoms with Crippen LogP contribution in [0.3, 0.4) is 0 Å². The first-order chi connectivity index (χ1) is 14.3. The largest absolute Gasteiger partial charge is 0.496 e. The standard InChI is InChI=1S/C25H32N2O3/c1-16(2)21-14-22(17(3)13-23(21)30-5)18(4)26-25(29)20-10-8-19(9-11-20)15-27-12-6-7-24(27)28/h8-11,13-14,16,18H,6-7,12,15H2,1-5H3,(H,26,29)/t18-/m1/s1. The van der Waals surface area contributed by atoms with Gasteiger partial charge in [0.15, 0.2) is 0 Å². The molecule has 0 saturated carbocycles. The molecule has 1 atom stereocenters. The molecular formula is C25H32N2O3. The molecular weight excluding hydrogens is 376 g/mol. The highest BCUT2D eigenvalue weighted by Crippen LogP contribution is 2.32. The maximum atomic E-state index is 12.8. The van der Waals surface area contributed by atoms with Crippen LogP contribution in [0.5, 0.6) is 5.75 Å². The fourth-order valence-electron chi connectivity index (χ4n) is 4.02. The predicted molar refractivity (Wildman–Crippen MR) is 119 cm³/mol. The second-order valence-corrected chi connectivity index (χ2v) is 8.42. The average molecular weight is 409 g/mol. The van der Waals surface area contributed by atoms with Gasteiger partial charge in [0, 0.05) is 25.1 Å². The van der Waals surface area contributed by atoms with Crippen molar-refractivity contribution in [3.8, 4) is 5.75 Å². The Morgan fingerprint density at radius 2 is 1.83 bits per heavy atom. The zero-order valence-electron chi connectivity index (χ0n) is 18.6. The van der Waals surface area contributed by atoms with Crippen LogP contribution in [0.4, 0.5) is 0 Å². The first kappa shape index (κ1) is 21.9. The van der Waals surface area contributed by atoms with Crippen molar-refractivity contribution in [1.29, 1.82) is 0 Å². The topological polar surface area (TPSA) is 58.6 Å². The van der Waals surface area contributed by atoms with E-state index in [4.69, 9.17) is 4.74 Å². The number of benzene rings is 2. The number of hydrogen-bond acceptors (Lipinski definition) is 3. The van der Waals surface area contributed by atoms with Crippen molar-refractivity contribution < 1.29 is 14.3 Å². The van der Waals surface area contributed by atoms with E-state index in [-0.39, 0.29) is 17.9 Å². The van der Waals surface area contributed by atoms with Gasteiger partial charge in [-0.3, -0.25) is 9.59 Å². The number of ether oxygens (including phenoxy) is 1. The molecule has 3 rings (SSSR count). The number of nitrogens with one attached hydrogen (secondary N) is 1. The highest BCUT2D eigenvalue weighted by Gasteiger charge is 2.20. The molecule has 1 aliphatic rings. The normalized spacial score (nSPS) is 14.9. The fourth-order valence-corrected chi connectivity index (χ4v) is 4.02. The van der Waals surface area contributed by atoms with E-state index in [0.717, 1.165) is 41.0 Å². The summed E-state index contributed by atoms with van der Waals surface area (Å²) in [7, 11) is 1.69. The number of likely N-dealkylation sites (tertiary alicyclic amines) is 1. The Labute approximate surface area is 179 Å². The lowest BCUT2D eigenvalue weighted by Crippen LogP contribution is -2.27. The number of carbonyl (C=O) groups is 2. The van der Waals surface area contributed by atoms with Crippen LogP contribution < -0.4 is 10.1 Å². The third-order valence-corrected chi connectivity index (χ3v) is 5.82. The van der Waals surface area contributed by atoms with Crippen molar-refractivity contribution in [2.45, 2.75) is 59.0 Å². The summed E-state index contributed by atoms with van der Waals surface area (Å²) >= 11 is 0. The molecule has 2 aromatic carbocycles. The lowest BCUT2D eigenvalue weighted by molar-refractivity contribution is -0.128. The van der Waals surface area contributed by atoms with E-state index >= 15 is 0 Å². The van der Waals surface area contributed by atoms with Crippen molar-refractivity contribution in [3.05, 3.63) is 64.2 Å². The number of hydrogen-bond donors (Lipinski definition) is 1. The Morgan fingerprint density at radius 1 is 1.13 bits per heavy atom. The monoisotopic (exact) mass is 408 g/mol. The first-order valence-corrected chi connectivity index (χ1v) is 10.7. The molecule has 1 N–H and O–H groups in total. The van der Waals surface area contributed by atoms with Crippen LogP contribution in [0, 0.1) is 6.92 Å². The molecule has 0 spiro atoms. The Hall–Kier alpha value is -2.82. The number of rotatable bonds is 7. The number of nitrogens with zero attached hydrogens (tertiary/aromatic N) is 1. The minimum Gasteiger partial charge on any atom is -0.496 e. The van der Waals surface area contributed by atoms with E-state index in [0.29, 0.717) is 24.4 Å². The van der Waals surface area contributed by atoms with Gasteiger partial charge in [-0.25, -0.2) is 0 Å². The summed E-state index contributed by atoms with van der Waals surface area (Å²) in [6, 6.07) is 11.6. The van der Waals surface area contributed by atoms with Gasteiger partial charge in [-0.15, -0.1) is 0 Å². The summed E-state index contributed by atoms with van der Waals surface area (Å²) < 4.78 is 5.53. The molecule has 1 aliphatic heterocycles. The lowest BCUT2D eigenvalue weighted by Gasteiger charge is -2.21. The molecule has 1 heterocycles. The average Bonchev–Trinajstić information content (AvgIpc) is 3.12. The van der Waals surface area contributed by atoms with Gasteiger partial charge in [-0.05, 0) is 72.7 Å². The van der Waals surface area contributed by atoms with Crippen LogP contribution in [-0.4, -0.2) is 30.4 Å². The number of aryl methyl sites for hydroxylation is 1. The van der Waals surface area contributed by atoms with E-state index in [9.17, 15) is 9.59 Å². The van der Waals surface area contributed by atoms with E-state index < -0.39 is 0 Å². The highest BCUT2D eigenvalue weighted by atomic mass is 16.5. The Bertz CT molecular complexity index is 919. The van der Waals surface area contributed by atoms with E-state index in [1.54, 1.807) is 7.11 Å². The molecule has 1 fully saturated rings. The van der Waals surface area contributed by atoms with Crippen molar-refractivity contribution in [2.75, 3.05) is 13.7 Å². The molecule has 0 radical (unpaired) electrons. The Morgan fingerprint density at radius 3 is 2.40 bits per heavy atom. The summed E-state index contributed by atoms with van der Waals surface area (Å²) in [5.41, 5.74) is 4.99. The van der Waals surface area contributed by atoms with Gasteiger partial charge in [-0.1, -0.05) is 26.0 Å². The van der Waals surface area contributed by atoms with Crippen LogP contribution in [0.25, 0.3) is 0 Å². The van der Waals surface area contributed by atoms with E-state index in [1.807, 2.05) is 49.1 Å². The van der Waals surface area contributed by atoms with Crippen LogP contribution in [0.2, 0.25) is 0 Å². The third-order valence-electron chi connectivity index (χ3n) is 5.82. The second-order valence-electron chi connectivity index (χ2n) is 8.42. The van der Waals surface area contributed by atoms with Gasteiger partial charge in [0.2, 0.25) is 5.91 Å². The molecule has 0 aromatic heterocycles. The Kier molecular flexibility index (Phi) is 6.80.